The summed E-state index contributed by atoms with van der Waals surface area (Å²) in [5.74, 6) is -0.861. The van der Waals surface area contributed by atoms with E-state index < -0.39 is 26.5 Å². The van der Waals surface area contributed by atoms with Crippen molar-refractivity contribution in [2.75, 3.05) is 47.5 Å². The van der Waals surface area contributed by atoms with Crippen LogP contribution in [0.25, 0.3) is 0 Å². The van der Waals surface area contributed by atoms with Crippen LogP contribution in [0.1, 0.15) is 174 Å². The number of esters is 2. The highest BCUT2D eigenvalue weighted by Crippen LogP contribution is 2.43. The summed E-state index contributed by atoms with van der Waals surface area (Å²) in [7, 11) is 1.43. The van der Waals surface area contributed by atoms with Crippen molar-refractivity contribution < 1.29 is 42.1 Å². The van der Waals surface area contributed by atoms with E-state index in [9.17, 15) is 19.0 Å². The van der Waals surface area contributed by atoms with Crippen molar-refractivity contribution in [1.29, 1.82) is 0 Å². The molecule has 0 aliphatic carbocycles. The lowest BCUT2D eigenvalue weighted by molar-refractivity contribution is -0.870. The van der Waals surface area contributed by atoms with Crippen LogP contribution >= 0.6 is 7.82 Å². The molecule has 0 aromatic rings. The zero-order chi connectivity index (χ0) is 49.2. The molecule has 0 aliphatic rings. The Labute approximate surface area is 409 Å². The molecule has 0 aromatic carbocycles. The third-order valence-electron chi connectivity index (χ3n) is 10.3. The van der Waals surface area contributed by atoms with Crippen LogP contribution in [0.4, 0.5) is 0 Å². The van der Waals surface area contributed by atoms with Gasteiger partial charge in [0.2, 0.25) is 0 Å². The van der Waals surface area contributed by atoms with Gasteiger partial charge in [-0.15, -0.1) is 0 Å². The maximum absolute atomic E-state index is 12.7. The third-order valence-corrected chi connectivity index (χ3v) is 11.2. The van der Waals surface area contributed by atoms with E-state index in [1.165, 1.54) is 44.9 Å². The van der Waals surface area contributed by atoms with E-state index in [0.29, 0.717) is 17.4 Å². The van der Waals surface area contributed by atoms with Gasteiger partial charge in [-0.2, -0.15) is 0 Å². The van der Waals surface area contributed by atoms with Crippen molar-refractivity contribution in [1.82, 2.24) is 0 Å². The number of nitrogens with zero attached hydrogens (tertiary/aromatic N) is 1. The van der Waals surface area contributed by atoms with Gasteiger partial charge < -0.3 is 18.9 Å². The summed E-state index contributed by atoms with van der Waals surface area (Å²) < 4.78 is 34.3. The van der Waals surface area contributed by atoms with Gasteiger partial charge in [0.15, 0.2) is 6.10 Å². The van der Waals surface area contributed by atoms with Crippen LogP contribution in [-0.2, 0) is 32.7 Å². The lowest BCUT2D eigenvalue weighted by Crippen LogP contribution is -2.37. The number of likely N-dealkylation sites (N-methyl/N-ethyl adjacent to an activating group) is 1. The number of phosphoric acid groups is 1. The SMILES string of the molecule is CC/C=C\C/C=C\C/C=C\C/C=C\C/C=C\C/C=C\C/C=C\C/C=C\C/C=C\C/C=C\CCCCC(=O)OC(COC(=O)CCCCCCCCCCCC)COP(=O)(O)OCC[N+](C)(C)C. The van der Waals surface area contributed by atoms with Crippen LogP contribution in [0.5, 0.6) is 0 Å². The first kappa shape index (κ1) is 63.4. The summed E-state index contributed by atoms with van der Waals surface area (Å²) in [4.78, 5) is 35.4. The first-order valence-electron chi connectivity index (χ1n) is 25.8. The second-order valence-electron chi connectivity index (χ2n) is 17.8. The number of carbonyl (C=O) groups is 2. The highest BCUT2D eigenvalue weighted by molar-refractivity contribution is 7.47. The summed E-state index contributed by atoms with van der Waals surface area (Å²) in [6.45, 7) is 4.22. The second kappa shape index (κ2) is 47.5. The molecule has 0 saturated carbocycles. The average molecular weight is 953 g/mol. The topological polar surface area (TPSA) is 108 Å². The van der Waals surface area contributed by atoms with Gasteiger partial charge in [0.1, 0.15) is 19.8 Å². The maximum atomic E-state index is 12.7. The van der Waals surface area contributed by atoms with Crippen molar-refractivity contribution in [2.45, 2.75) is 180 Å². The zero-order valence-electron chi connectivity index (χ0n) is 42.8. The van der Waals surface area contributed by atoms with E-state index in [1.54, 1.807) is 0 Å². The van der Waals surface area contributed by atoms with Gasteiger partial charge in [-0.1, -0.05) is 193 Å². The number of ether oxygens (including phenoxy) is 2. The van der Waals surface area contributed by atoms with E-state index in [2.05, 4.69) is 135 Å². The van der Waals surface area contributed by atoms with Gasteiger partial charge in [0.05, 0.1) is 27.7 Å². The molecule has 2 unspecified atom stereocenters. The van der Waals surface area contributed by atoms with E-state index in [0.717, 1.165) is 96.3 Å². The van der Waals surface area contributed by atoms with Crippen molar-refractivity contribution >= 4 is 19.8 Å². The number of phosphoric ester groups is 1. The Morgan fingerprint density at radius 3 is 1.27 bits per heavy atom. The molecular weight excluding hydrogens is 858 g/mol. The van der Waals surface area contributed by atoms with Crippen LogP contribution in [0.3, 0.4) is 0 Å². The molecule has 10 heteroatoms. The lowest BCUT2D eigenvalue weighted by Gasteiger charge is -2.24. The van der Waals surface area contributed by atoms with Crippen molar-refractivity contribution in [2.24, 2.45) is 0 Å². The Kier molecular flexibility index (Phi) is 44.9. The number of carbonyl (C=O) groups excluding carboxylic acids is 2. The van der Waals surface area contributed by atoms with Crippen LogP contribution in [-0.4, -0.2) is 74.9 Å². The first-order valence-corrected chi connectivity index (χ1v) is 27.3. The molecule has 0 bridgehead atoms. The first-order chi connectivity index (χ1) is 32.5. The summed E-state index contributed by atoms with van der Waals surface area (Å²) in [5.41, 5.74) is 0. The predicted octanol–water partition coefficient (Wildman–Crippen LogP) is 15.6. The zero-order valence-corrected chi connectivity index (χ0v) is 43.7. The summed E-state index contributed by atoms with van der Waals surface area (Å²) in [6.07, 6.45) is 67.0. The van der Waals surface area contributed by atoms with E-state index in [1.807, 2.05) is 21.1 Å². The Morgan fingerprint density at radius 2 is 0.851 bits per heavy atom. The molecule has 1 N–H and O–H groups in total. The van der Waals surface area contributed by atoms with E-state index in [-0.39, 0.29) is 32.0 Å². The number of allylic oxidation sites excluding steroid dienone is 20. The van der Waals surface area contributed by atoms with Gasteiger partial charge in [-0.3, -0.25) is 18.6 Å². The van der Waals surface area contributed by atoms with Crippen molar-refractivity contribution in [3.63, 3.8) is 0 Å². The molecule has 0 saturated heterocycles. The number of unbranched alkanes of at least 4 members (excludes halogenated alkanes) is 11. The van der Waals surface area contributed by atoms with E-state index >= 15 is 0 Å². The number of quaternary nitrogens is 1. The second-order valence-corrected chi connectivity index (χ2v) is 19.3. The maximum Gasteiger partial charge on any atom is 0.472 e. The molecule has 2 atom stereocenters. The molecular formula is C57H95NO8P+. The Hall–Kier alpha value is -3.59. The summed E-state index contributed by atoms with van der Waals surface area (Å²) >= 11 is 0. The van der Waals surface area contributed by atoms with Crippen molar-refractivity contribution in [3.8, 4) is 0 Å². The molecule has 0 aliphatic heterocycles. The molecule has 0 radical (unpaired) electrons. The molecule has 67 heavy (non-hydrogen) atoms. The Morgan fingerprint density at radius 1 is 0.478 bits per heavy atom. The minimum atomic E-state index is -4.40. The van der Waals surface area contributed by atoms with Gasteiger partial charge in [-0.05, 0) is 89.9 Å². The summed E-state index contributed by atoms with van der Waals surface area (Å²) in [6, 6.07) is 0. The quantitative estimate of drug-likeness (QED) is 0.0211. The Balaban J connectivity index is 4.28. The predicted molar refractivity (Wildman–Crippen MR) is 284 cm³/mol. The lowest BCUT2D eigenvalue weighted by atomic mass is 10.1. The van der Waals surface area contributed by atoms with E-state index in [4.69, 9.17) is 18.5 Å². The minimum Gasteiger partial charge on any atom is -0.462 e. The van der Waals surface area contributed by atoms with Crippen molar-refractivity contribution in [3.05, 3.63) is 122 Å². The van der Waals surface area contributed by atoms with Gasteiger partial charge in [-0.25, -0.2) is 4.57 Å². The molecule has 0 rings (SSSR count). The summed E-state index contributed by atoms with van der Waals surface area (Å²) in [5, 5.41) is 0. The molecule has 0 fully saturated rings. The van der Waals surface area contributed by atoms with Crippen LogP contribution in [0.2, 0.25) is 0 Å². The standard InChI is InChI=1S/C57H94NO8P/c1-6-8-10-12-14-16-18-19-20-21-22-23-24-25-26-27-28-29-30-31-32-33-34-35-36-37-38-39-40-42-44-46-48-50-57(60)66-55(54-65-67(61,62)64-52-51-58(3,4)5)53-63-56(59)49-47-45-43-41-17-15-13-11-9-7-2/h8,10,14,16,19-20,22-23,25-26,28-29,31-32,34-35,37-38,40,42,55H,6-7,9,11-13,15,17-18,21,24,27,30,33,36,39,41,43-54H2,1-5H3/p+1/b10-8-,16-14-,20-19-,23-22-,26-25-,29-28-,32-31-,35-34-,38-37-,42-40-. The molecule has 0 spiro atoms. The number of hydrogen-bond donors (Lipinski definition) is 1. The number of hydrogen-bond acceptors (Lipinski definition) is 7. The fourth-order valence-electron chi connectivity index (χ4n) is 6.28. The molecule has 0 amide bonds. The highest BCUT2D eigenvalue weighted by Gasteiger charge is 2.27. The van der Waals surface area contributed by atoms with Crippen LogP contribution < -0.4 is 0 Å². The molecule has 9 nitrogen and oxygen atoms in total. The van der Waals surface area contributed by atoms with Gasteiger partial charge in [0, 0.05) is 12.8 Å². The largest absolute Gasteiger partial charge is 0.472 e. The molecule has 0 heterocycles. The third kappa shape index (κ3) is 51.6. The fourth-order valence-corrected chi connectivity index (χ4v) is 7.02. The van der Waals surface area contributed by atoms with Gasteiger partial charge in [0.25, 0.3) is 0 Å². The fraction of sp³-hybridized carbons (Fsp3) is 0.614. The minimum absolute atomic E-state index is 0.0173. The smallest absolute Gasteiger partial charge is 0.462 e. The van der Waals surface area contributed by atoms with Crippen LogP contribution in [0.15, 0.2) is 122 Å². The molecule has 380 valence electrons. The Bertz CT molecular complexity index is 1540. The highest BCUT2D eigenvalue weighted by atomic mass is 31.2. The monoisotopic (exact) mass is 953 g/mol. The van der Waals surface area contributed by atoms with Crippen LogP contribution in [0, 0.1) is 0 Å². The average Bonchev–Trinajstić information content (AvgIpc) is 3.29. The normalized spacial score (nSPS) is 14.4. The number of rotatable bonds is 45. The molecule has 0 aromatic heterocycles. The van der Waals surface area contributed by atoms with Gasteiger partial charge >= 0.3 is 19.8 Å².